The summed E-state index contributed by atoms with van der Waals surface area (Å²) in [5.41, 5.74) is 3.76. The van der Waals surface area contributed by atoms with Crippen LogP contribution in [-0.2, 0) is 23.9 Å². The number of ketones is 1. The number of esters is 2. The molecule has 7 heteroatoms. The SMILES string of the molecule is CCOC(=O)C1=C(C)NC2=C(C(=O)[C@@H](C(=O)OCC)[C@@H](c3ccc(OC)cc3)C2)[C@@H]1c1ccccc1. The standard InChI is InChI=1S/C29H31NO6/c1-5-35-28(32)23-17(3)30-22-16-21(18-12-14-20(34-4)15-13-18)25(29(33)36-6-2)27(31)26(22)24(23)19-10-8-7-9-11-19/h7-15,21,24-25,30H,5-6,16H2,1-4H3/t21-,24-,25+/m1/s1. The average Bonchev–Trinajstić information content (AvgIpc) is 2.88. The first-order valence-corrected chi connectivity index (χ1v) is 12.2. The van der Waals surface area contributed by atoms with Gasteiger partial charge in [0.2, 0.25) is 0 Å². The molecule has 0 saturated heterocycles. The molecule has 0 amide bonds. The highest BCUT2D eigenvalue weighted by Crippen LogP contribution is 2.48. The molecule has 2 aliphatic rings. The number of rotatable bonds is 7. The van der Waals surface area contributed by atoms with Crippen LogP contribution in [0.5, 0.6) is 5.75 Å². The third-order valence-corrected chi connectivity index (χ3v) is 6.73. The number of Topliss-reactive ketones (excluding diaryl/α,β-unsaturated/α-hetero) is 1. The fraction of sp³-hybridized carbons (Fsp3) is 0.345. The number of carbonyl (C=O) groups is 3. The Morgan fingerprint density at radius 2 is 1.61 bits per heavy atom. The molecule has 4 rings (SSSR count). The zero-order valence-corrected chi connectivity index (χ0v) is 21.0. The van der Waals surface area contributed by atoms with Crippen molar-refractivity contribution in [3.8, 4) is 5.75 Å². The Kier molecular flexibility index (Phi) is 7.58. The molecule has 0 saturated carbocycles. The summed E-state index contributed by atoms with van der Waals surface area (Å²) in [7, 11) is 1.59. The number of methoxy groups -OCH3 is 1. The predicted molar refractivity (Wildman–Crippen MR) is 134 cm³/mol. The molecular formula is C29H31NO6. The number of hydrogen-bond donors (Lipinski definition) is 1. The smallest absolute Gasteiger partial charge is 0.336 e. The Balaban J connectivity index is 1.87. The van der Waals surface area contributed by atoms with Crippen molar-refractivity contribution in [2.45, 2.75) is 39.0 Å². The summed E-state index contributed by atoms with van der Waals surface area (Å²) in [6.07, 6.45) is 0.410. The minimum absolute atomic E-state index is 0.164. The van der Waals surface area contributed by atoms with Crippen LogP contribution in [0, 0.1) is 5.92 Å². The van der Waals surface area contributed by atoms with Gasteiger partial charge in [-0.2, -0.15) is 0 Å². The third-order valence-electron chi connectivity index (χ3n) is 6.73. The lowest BCUT2D eigenvalue weighted by atomic mass is 9.67. The van der Waals surface area contributed by atoms with Crippen molar-refractivity contribution in [3.05, 3.63) is 88.3 Å². The van der Waals surface area contributed by atoms with Crippen LogP contribution < -0.4 is 10.1 Å². The van der Waals surface area contributed by atoms with Gasteiger partial charge in [-0.1, -0.05) is 42.5 Å². The van der Waals surface area contributed by atoms with E-state index in [0.717, 1.165) is 11.1 Å². The third kappa shape index (κ3) is 4.65. The van der Waals surface area contributed by atoms with Gasteiger partial charge in [-0.05, 0) is 50.5 Å². The van der Waals surface area contributed by atoms with Gasteiger partial charge < -0.3 is 19.5 Å². The highest BCUT2D eigenvalue weighted by molar-refractivity contribution is 6.13. The van der Waals surface area contributed by atoms with E-state index >= 15 is 0 Å². The first-order valence-electron chi connectivity index (χ1n) is 12.2. The molecule has 188 valence electrons. The van der Waals surface area contributed by atoms with Crippen LogP contribution in [0.3, 0.4) is 0 Å². The Morgan fingerprint density at radius 1 is 0.944 bits per heavy atom. The van der Waals surface area contributed by atoms with Gasteiger partial charge in [0, 0.05) is 28.8 Å². The van der Waals surface area contributed by atoms with E-state index in [1.54, 1.807) is 21.0 Å². The summed E-state index contributed by atoms with van der Waals surface area (Å²) < 4.78 is 16.0. The highest BCUT2D eigenvalue weighted by Gasteiger charge is 2.49. The Hall–Kier alpha value is -3.87. The van der Waals surface area contributed by atoms with Gasteiger partial charge in [0.1, 0.15) is 11.7 Å². The molecule has 1 heterocycles. The molecule has 2 aromatic rings. The molecule has 3 atom stereocenters. The van der Waals surface area contributed by atoms with Gasteiger partial charge in [-0.15, -0.1) is 0 Å². The van der Waals surface area contributed by atoms with Gasteiger partial charge in [0.05, 0.1) is 25.9 Å². The first-order chi connectivity index (χ1) is 17.4. The average molecular weight is 490 g/mol. The topological polar surface area (TPSA) is 90.9 Å². The second kappa shape index (κ2) is 10.8. The van der Waals surface area contributed by atoms with E-state index in [2.05, 4.69) is 5.32 Å². The number of hydrogen-bond acceptors (Lipinski definition) is 7. The molecule has 0 aromatic heterocycles. The molecule has 0 unspecified atom stereocenters. The van der Waals surface area contributed by atoms with Crippen LogP contribution in [-0.4, -0.2) is 38.0 Å². The Morgan fingerprint density at radius 3 is 2.22 bits per heavy atom. The zero-order chi connectivity index (χ0) is 25.8. The number of carbonyl (C=O) groups excluding carboxylic acids is 3. The molecule has 2 aromatic carbocycles. The van der Waals surface area contributed by atoms with Crippen molar-refractivity contribution in [1.29, 1.82) is 0 Å². The maximum absolute atomic E-state index is 14.2. The van der Waals surface area contributed by atoms with Crippen molar-refractivity contribution < 1.29 is 28.6 Å². The predicted octanol–water partition coefficient (Wildman–Crippen LogP) is 4.41. The minimum atomic E-state index is -1.04. The molecule has 0 bridgehead atoms. The molecule has 36 heavy (non-hydrogen) atoms. The number of dihydropyridines is 1. The fourth-order valence-electron chi connectivity index (χ4n) is 5.16. The molecule has 1 aliphatic heterocycles. The summed E-state index contributed by atoms with van der Waals surface area (Å²) in [4.78, 5) is 40.5. The maximum atomic E-state index is 14.2. The lowest BCUT2D eigenvalue weighted by Gasteiger charge is -2.39. The fourth-order valence-corrected chi connectivity index (χ4v) is 5.16. The van der Waals surface area contributed by atoms with Gasteiger partial charge in [-0.25, -0.2) is 4.79 Å². The number of ether oxygens (including phenoxy) is 3. The second-order valence-electron chi connectivity index (χ2n) is 8.80. The molecule has 0 radical (unpaired) electrons. The second-order valence-corrected chi connectivity index (χ2v) is 8.80. The largest absolute Gasteiger partial charge is 0.497 e. The van der Waals surface area contributed by atoms with E-state index in [0.29, 0.717) is 34.7 Å². The van der Waals surface area contributed by atoms with Gasteiger partial charge in [0.15, 0.2) is 5.78 Å². The van der Waals surface area contributed by atoms with Crippen LogP contribution >= 0.6 is 0 Å². The highest BCUT2D eigenvalue weighted by atomic mass is 16.5. The summed E-state index contributed by atoms with van der Waals surface area (Å²) in [6.45, 7) is 5.65. The minimum Gasteiger partial charge on any atom is -0.497 e. The zero-order valence-electron chi connectivity index (χ0n) is 21.0. The van der Waals surface area contributed by atoms with E-state index in [1.165, 1.54) is 0 Å². The van der Waals surface area contributed by atoms with Gasteiger partial charge in [-0.3, -0.25) is 9.59 Å². The molecule has 7 nitrogen and oxygen atoms in total. The summed E-state index contributed by atoms with van der Waals surface area (Å²) >= 11 is 0. The summed E-state index contributed by atoms with van der Waals surface area (Å²) in [5.74, 6) is -2.82. The molecule has 1 aliphatic carbocycles. The van der Waals surface area contributed by atoms with Crippen molar-refractivity contribution in [3.63, 3.8) is 0 Å². The van der Waals surface area contributed by atoms with Crippen molar-refractivity contribution in [2.75, 3.05) is 20.3 Å². The van der Waals surface area contributed by atoms with Crippen molar-refractivity contribution >= 4 is 17.7 Å². The maximum Gasteiger partial charge on any atom is 0.336 e. The summed E-state index contributed by atoms with van der Waals surface area (Å²) in [5, 5.41) is 3.31. The summed E-state index contributed by atoms with van der Waals surface area (Å²) in [6, 6.07) is 16.8. The molecule has 0 fully saturated rings. The van der Waals surface area contributed by atoms with Crippen LogP contribution in [0.2, 0.25) is 0 Å². The molecular weight excluding hydrogens is 458 g/mol. The molecule has 1 N–H and O–H groups in total. The van der Waals surface area contributed by atoms with E-state index in [1.807, 2.05) is 61.5 Å². The normalized spacial score (nSPS) is 21.4. The van der Waals surface area contributed by atoms with E-state index in [-0.39, 0.29) is 19.0 Å². The van der Waals surface area contributed by atoms with E-state index in [4.69, 9.17) is 14.2 Å². The lowest BCUT2D eigenvalue weighted by Crippen LogP contribution is -2.43. The quantitative estimate of drug-likeness (QED) is 0.455. The number of allylic oxidation sites excluding steroid dienone is 3. The van der Waals surface area contributed by atoms with E-state index < -0.39 is 29.7 Å². The van der Waals surface area contributed by atoms with Crippen LogP contribution in [0.15, 0.2) is 77.1 Å². The van der Waals surface area contributed by atoms with Crippen molar-refractivity contribution in [2.24, 2.45) is 5.92 Å². The molecule has 0 spiro atoms. The lowest BCUT2D eigenvalue weighted by molar-refractivity contribution is -0.152. The van der Waals surface area contributed by atoms with Gasteiger partial charge >= 0.3 is 11.9 Å². The monoisotopic (exact) mass is 489 g/mol. The van der Waals surface area contributed by atoms with Crippen molar-refractivity contribution in [1.82, 2.24) is 5.32 Å². The van der Waals surface area contributed by atoms with Crippen LogP contribution in [0.1, 0.15) is 50.2 Å². The van der Waals surface area contributed by atoms with Crippen LogP contribution in [0.25, 0.3) is 0 Å². The Labute approximate surface area is 211 Å². The first kappa shape index (κ1) is 25.2. The number of nitrogens with one attached hydrogen (secondary N) is 1. The van der Waals surface area contributed by atoms with Crippen LogP contribution in [0.4, 0.5) is 0 Å². The van der Waals surface area contributed by atoms with E-state index in [9.17, 15) is 14.4 Å². The van der Waals surface area contributed by atoms with Gasteiger partial charge in [0.25, 0.3) is 0 Å². The number of benzene rings is 2. The Bertz CT molecular complexity index is 1210.